The quantitative estimate of drug-likeness (QED) is 0.359. The van der Waals surface area contributed by atoms with Gasteiger partial charge in [0.25, 0.3) is 5.95 Å². The Morgan fingerprint density at radius 2 is 1.56 bits per heavy atom. The molecule has 0 bridgehead atoms. The Kier molecular flexibility index (Phi) is 7.62. The molecule has 9 nitrogen and oxygen atoms in total. The number of aromatic nitrogens is 2. The minimum Gasteiger partial charge on any atom is -0.471 e. The van der Waals surface area contributed by atoms with Gasteiger partial charge in [0.05, 0.1) is 5.69 Å². The third kappa shape index (κ3) is 5.94. The van der Waals surface area contributed by atoms with Crippen molar-refractivity contribution in [3.8, 4) is 17.0 Å². The standard InChI is InChI=1S/C21H21FN2O7S/c1-11(25)28-17-10-32-21(19(30-13(3)27)18(17)29-12(2)26)31-16-5-4-15(24-20(16)22)14-6-8-23-9-7-14/h4-9,17-19,21H,10H2,1-3H3/t17-,18+,19-,21-/m1/s1. The summed E-state index contributed by atoms with van der Waals surface area (Å²) in [6.45, 7) is 3.56. The van der Waals surface area contributed by atoms with E-state index in [2.05, 4.69) is 9.97 Å². The fourth-order valence-electron chi connectivity index (χ4n) is 3.13. The average molecular weight is 464 g/mol. The minimum atomic E-state index is -1.15. The maximum absolute atomic E-state index is 14.7. The fourth-order valence-corrected chi connectivity index (χ4v) is 4.34. The van der Waals surface area contributed by atoms with Crippen molar-refractivity contribution in [3.05, 3.63) is 42.6 Å². The molecular weight excluding hydrogens is 443 g/mol. The molecule has 11 heteroatoms. The second-order valence-electron chi connectivity index (χ2n) is 6.84. The average Bonchev–Trinajstić information content (AvgIpc) is 2.73. The third-order valence-electron chi connectivity index (χ3n) is 4.34. The lowest BCUT2D eigenvalue weighted by Gasteiger charge is -2.39. The zero-order valence-electron chi connectivity index (χ0n) is 17.5. The molecule has 0 unspecified atom stereocenters. The molecule has 3 rings (SSSR count). The normalized spacial score (nSPS) is 22.5. The first kappa shape index (κ1) is 23.5. The van der Waals surface area contributed by atoms with Crippen LogP contribution in [0.5, 0.6) is 5.75 Å². The largest absolute Gasteiger partial charge is 0.471 e. The highest BCUT2D eigenvalue weighted by Crippen LogP contribution is 2.35. The third-order valence-corrected chi connectivity index (χ3v) is 5.55. The van der Waals surface area contributed by atoms with Gasteiger partial charge in [-0.15, -0.1) is 11.8 Å². The van der Waals surface area contributed by atoms with Crippen LogP contribution in [-0.4, -0.2) is 57.4 Å². The molecule has 2 aromatic heterocycles. The van der Waals surface area contributed by atoms with Crippen LogP contribution in [-0.2, 0) is 28.6 Å². The Labute approximate surface area is 187 Å². The van der Waals surface area contributed by atoms with E-state index in [0.29, 0.717) is 11.3 Å². The van der Waals surface area contributed by atoms with Crippen LogP contribution in [0.15, 0.2) is 36.7 Å². The molecule has 0 N–H and O–H groups in total. The first-order valence-corrected chi connectivity index (χ1v) is 10.7. The van der Waals surface area contributed by atoms with Gasteiger partial charge in [-0.25, -0.2) is 4.98 Å². The SMILES string of the molecule is CC(=O)O[C@@H]1[C@@H](OC(C)=O)[C@H](OC(C)=O)CS[C@H]1Oc1ccc(-c2ccncc2)nc1F. The van der Waals surface area contributed by atoms with Gasteiger partial charge in [-0.05, 0) is 24.3 Å². The van der Waals surface area contributed by atoms with Crippen LogP contribution in [0.4, 0.5) is 4.39 Å². The summed E-state index contributed by atoms with van der Waals surface area (Å²) < 4.78 is 36.3. The number of nitrogens with zero attached hydrogens (tertiary/aromatic N) is 2. The molecule has 0 spiro atoms. The monoisotopic (exact) mass is 464 g/mol. The molecule has 2 aromatic rings. The number of hydrogen-bond donors (Lipinski definition) is 0. The molecule has 3 heterocycles. The molecule has 1 aliphatic rings. The molecule has 1 fully saturated rings. The van der Waals surface area contributed by atoms with Gasteiger partial charge in [0, 0.05) is 44.5 Å². The Morgan fingerprint density at radius 1 is 0.938 bits per heavy atom. The van der Waals surface area contributed by atoms with E-state index in [1.807, 2.05) is 0 Å². The Balaban J connectivity index is 1.86. The van der Waals surface area contributed by atoms with Crippen molar-refractivity contribution in [2.75, 3.05) is 5.75 Å². The van der Waals surface area contributed by atoms with Crippen LogP contribution in [0.2, 0.25) is 0 Å². The van der Waals surface area contributed by atoms with Crippen molar-refractivity contribution >= 4 is 29.7 Å². The van der Waals surface area contributed by atoms with Gasteiger partial charge in [-0.1, -0.05) is 0 Å². The van der Waals surface area contributed by atoms with E-state index in [9.17, 15) is 18.8 Å². The molecule has 1 saturated heterocycles. The van der Waals surface area contributed by atoms with Gasteiger partial charge in [-0.2, -0.15) is 4.39 Å². The summed E-state index contributed by atoms with van der Waals surface area (Å²) in [4.78, 5) is 42.7. The molecule has 0 radical (unpaired) electrons. The summed E-state index contributed by atoms with van der Waals surface area (Å²) in [5, 5.41) is 0. The van der Waals surface area contributed by atoms with Crippen LogP contribution in [0.3, 0.4) is 0 Å². The van der Waals surface area contributed by atoms with E-state index in [-0.39, 0.29) is 11.5 Å². The van der Waals surface area contributed by atoms with Crippen molar-refractivity contribution in [1.29, 1.82) is 0 Å². The first-order valence-electron chi connectivity index (χ1n) is 9.61. The molecule has 0 aliphatic carbocycles. The number of hydrogen-bond acceptors (Lipinski definition) is 10. The smallest absolute Gasteiger partial charge is 0.303 e. The van der Waals surface area contributed by atoms with Crippen molar-refractivity contribution < 1.29 is 37.7 Å². The highest BCUT2D eigenvalue weighted by molar-refractivity contribution is 7.99. The number of halogens is 1. The van der Waals surface area contributed by atoms with Crippen LogP contribution < -0.4 is 4.74 Å². The van der Waals surface area contributed by atoms with E-state index >= 15 is 0 Å². The molecular formula is C21H21FN2O7S. The number of pyridine rings is 2. The summed E-state index contributed by atoms with van der Waals surface area (Å²) in [7, 11) is 0. The second kappa shape index (κ2) is 10.4. The van der Waals surface area contributed by atoms with E-state index < -0.39 is 47.6 Å². The number of ether oxygens (including phenoxy) is 4. The maximum Gasteiger partial charge on any atom is 0.303 e. The van der Waals surface area contributed by atoms with Gasteiger partial charge < -0.3 is 18.9 Å². The lowest BCUT2D eigenvalue weighted by atomic mass is 10.1. The maximum atomic E-state index is 14.7. The van der Waals surface area contributed by atoms with Crippen LogP contribution in [0.1, 0.15) is 20.8 Å². The predicted molar refractivity (Wildman–Crippen MR) is 111 cm³/mol. The predicted octanol–water partition coefficient (Wildman–Crippen LogP) is 2.53. The van der Waals surface area contributed by atoms with E-state index in [0.717, 1.165) is 11.8 Å². The number of thioether (sulfide) groups is 1. The second-order valence-corrected chi connectivity index (χ2v) is 7.97. The molecule has 0 aromatic carbocycles. The topological polar surface area (TPSA) is 114 Å². The number of esters is 3. The van der Waals surface area contributed by atoms with Crippen molar-refractivity contribution in [1.82, 2.24) is 9.97 Å². The molecule has 1 aliphatic heterocycles. The van der Waals surface area contributed by atoms with E-state index in [1.54, 1.807) is 30.6 Å². The summed E-state index contributed by atoms with van der Waals surface area (Å²) in [6, 6.07) is 6.36. The summed E-state index contributed by atoms with van der Waals surface area (Å²) in [5.41, 5.74) is 0.116. The fraction of sp³-hybridized carbons (Fsp3) is 0.381. The molecule has 32 heavy (non-hydrogen) atoms. The highest BCUT2D eigenvalue weighted by Gasteiger charge is 2.48. The van der Waals surface area contributed by atoms with Gasteiger partial charge in [0.1, 0.15) is 0 Å². The zero-order valence-corrected chi connectivity index (χ0v) is 18.3. The Bertz CT molecular complexity index is 991. The van der Waals surface area contributed by atoms with Gasteiger partial charge in [0.2, 0.25) is 0 Å². The van der Waals surface area contributed by atoms with Crippen molar-refractivity contribution in [2.45, 2.75) is 44.5 Å². The van der Waals surface area contributed by atoms with Gasteiger partial charge in [-0.3, -0.25) is 19.4 Å². The van der Waals surface area contributed by atoms with Crippen LogP contribution in [0, 0.1) is 5.95 Å². The summed E-state index contributed by atoms with van der Waals surface area (Å²) in [6.07, 6.45) is -0.0210. The lowest BCUT2D eigenvalue weighted by molar-refractivity contribution is -0.186. The van der Waals surface area contributed by atoms with E-state index in [1.165, 1.54) is 26.8 Å². The van der Waals surface area contributed by atoms with Crippen molar-refractivity contribution in [2.24, 2.45) is 0 Å². The van der Waals surface area contributed by atoms with Gasteiger partial charge >= 0.3 is 17.9 Å². The zero-order chi connectivity index (χ0) is 23.3. The molecule has 0 saturated carbocycles. The minimum absolute atomic E-state index is 0.171. The lowest BCUT2D eigenvalue weighted by Crippen LogP contribution is -2.55. The first-order chi connectivity index (χ1) is 15.2. The highest BCUT2D eigenvalue weighted by atomic mass is 32.2. The number of carbonyl (C=O) groups excluding carboxylic acids is 3. The van der Waals surface area contributed by atoms with Crippen LogP contribution in [0.25, 0.3) is 11.3 Å². The molecule has 170 valence electrons. The summed E-state index contributed by atoms with van der Waals surface area (Å²) >= 11 is 1.13. The molecule has 0 amide bonds. The number of carbonyl (C=O) groups is 3. The summed E-state index contributed by atoms with van der Waals surface area (Å²) in [5.74, 6) is -2.79. The van der Waals surface area contributed by atoms with Crippen LogP contribution >= 0.6 is 11.8 Å². The molecule has 4 atom stereocenters. The Morgan fingerprint density at radius 3 is 2.16 bits per heavy atom. The van der Waals surface area contributed by atoms with Gasteiger partial charge in [0.15, 0.2) is 29.5 Å². The van der Waals surface area contributed by atoms with E-state index in [4.69, 9.17) is 18.9 Å². The number of rotatable bonds is 6. The Hall–Kier alpha value is -3.21. The van der Waals surface area contributed by atoms with Crippen molar-refractivity contribution in [3.63, 3.8) is 0 Å².